The van der Waals surface area contributed by atoms with Crippen LogP contribution >= 0.6 is 0 Å². The molecule has 0 aromatic rings. The zero-order valence-electron chi connectivity index (χ0n) is 12.6. The number of ether oxygens (including phenoxy) is 1. The van der Waals surface area contributed by atoms with Gasteiger partial charge in [0.1, 0.15) is 0 Å². The van der Waals surface area contributed by atoms with Crippen LogP contribution in [0.4, 0.5) is 0 Å². The van der Waals surface area contributed by atoms with E-state index in [-0.39, 0.29) is 0 Å². The summed E-state index contributed by atoms with van der Waals surface area (Å²) in [6.07, 6.45) is 7.45. The SMILES string of the molecule is CC[CH2][Sn]([CH2]CC)([CH2]CC)[C](=COCC)CC. The van der Waals surface area contributed by atoms with Crippen molar-refractivity contribution in [2.24, 2.45) is 0 Å². The number of hydrogen-bond acceptors (Lipinski definition) is 1. The molecular formula is C15H32OSn. The minimum absolute atomic E-state index is 0.815. The number of hydrogen-bond donors (Lipinski definition) is 0. The summed E-state index contributed by atoms with van der Waals surface area (Å²) in [5.41, 5.74) is 0. The van der Waals surface area contributed by atoms with E-state index >= 15 is 0 Å². The Morgan fingerprint density at radius 2 is 1.35 bits per heavy atom. The first kappa shape index (κ1) is 17.3. The van der Waals surface area contributed by atoms with Crippen LogP contribution in [-0.4, -0.2) is 25.0 Å². The maximum absolute atomic E-state index is 5.62. The third-order valence-corrected chi connectivity index (χ3v) is 21.3. The first-order valence-corrected chi connectivity index (χ1v) is 15.0. The normalized spacial score (nSPS) is 12.9. The van der Waals surface area contributed by atoms with Gasteiger partial charge in [-0.25, -0.2) is 0 Å². The molecule has 0 aliphatic heterocycles. The van der Waals surface area contributed by atoms with Gasteiger partial charge in [-0.15, -0.1) is 0 Å². The summed E-state index contributed by atoms with van der Waals surface area (Å²) in [4.78, 5) is 0. The molecule has 0 amide bonds. The standard InChI is InChI=1S/C6H11O.3C3H7.Sn/c1-3-5-6-7-4-2;3*1-3-2;/h6H,3-4H2,1-2H3;3*1,3H2,2H3;. The molecule has 0 aromatic carbocycles. The van der Waals surface area contributed by atoms with Gasteiger partial charge in [0.2, 0.25) is 0 Å². The summed E-state index contributed by atoms with van der Waals surface area (Å²) in [6.45, 7) is 12.3. The zero-order chi connectivity index (χ0) is 13.1. The van der Waals surface area contributed by atoms with Gasteiger partial charge in [-0.05, 0) is 0 Å². The predicted molar refractivity (Wildman–Crippen MR) is 81.0 cm³/mol. The van der Waals surface area contributed by atoms with Crippen LogP contribution in [0.5, 0.6) is 0 Å². The van der Waals surface area contributed by atoms with E-state index in [1.807, 2.05) is 0 Å². The molecule has 0 aromatic heterocycles. The Kier molecular flexibility index (Phi) is 10.5. The molecule has 0 atom stereocenters. The zero-order valence-corrected chi connectivity index (χ0v) is 15.5. The van der Waals surface area contributed by atoms with Gasteiger partial charge in [0.25, 0.3) is 0 Å². The van der Waals surface area contributed by atoms with E-state index in [4.69, 9.17) is 4.74 Å². The van der Waals surface area contributed by atoms with Crippen molar-refractivity contribution >= 4 is 18.4 Å². The van der Waals surface area contributed by atoms with Crippen LogP contribution in [0, 0.1) is 0 Å². The van der Waals surface area contributed by atoms with Crippen molar-refractivity contribution in [3.8, 4) is 0 Å². The van der Waals surface area contributed by atoms with E-state index in [9.17, 15) is 0 Å². The van der Waals surface area contributed by atoms with Gasteiger partial charge < -0.3 is 0 Å². The van der Waals surface area contributed by atoms with Gasteiger partial charge in [0.15, 0.2) is 0 Å². The summed E-state index contributed by atoms with van der Waals surface area (Å²) in [5.74, 6) is 0. The molecule has 0 saturated heterocycles. The van der Waals surface area contributed by atoms with Crippen LogP contribution in [0.2, 0.25) is 13.3 Å². The van der Waals surface area contributed by atoms with Gasteiger partial charge in [-0.2, -0.15) is 0 Å². The molecular weight excluding hydrogens is 315 g/mol. The Morgan fingerprint density at radius 1 is 0.882 bits per heavy atom. The molecule has 0 N–H and O–H groups in total. The van der Waals surface area contributed by atoms with Gasteiger partial charge in [-0.1, -0.05) is 0 Å². The molecule has 0 fully saturated rings. The van der Waals surface area contributed by atoms with Crippen molar-refractivity contribution in [3.05, 3.63) is 9.85 Å². The van der Waals surface area contributed by atoms with Crippen LogP contribution in [-0.2, 0) is 4.74 Å². The summed E-state index contributed by atoms with van der Waals surface area (Å²) in [7, 11) is 0. The van der Waals surface area contributed by atoms with Crippen LogP contribution in [0.15, 0.2) is 9.85 Å². The van der Waals surface area contributed by atoms with Crippen LogP contribution in [0.25, 0.3) is 0 Å². The summed E-state index contributed by atoms with van der Waals surface area (Å²) in [5, 5.41) is 0. The second-order valence-corrected chi connectivity index (χ2v) is 18.4. The molecule has 0 bridgehead atoms. The Labute approximate surface area is 113 Å². The van der Waals surface area contributed by atoms with E-state index in [0.29, 0.717) is 0 Å². The van der Waals surface area contributed by atoms with E-state index < -0.39 is 18.4 Å². The average Bonchev–Trinajstić information content (AvgIpc) is 2.31. The van der Waals surface area contributed by atoms with E-state index in [1.165, 1.54) is 39.0 Å². The van der Waals surface area contributed by atoms with Crippen molar-refractivity contribution in [1.82, 2.24) is 0 Å². The van der Waals surface area contributed by atoms with Crippen LogP contribution in [0.1, 0.15) is 60.3 Å². The van der Waals surface area contributed by atoms with E-state index in [0.717, 1.165) is 6.61 Å². The third kappa shape index (κ3) is 5.67. The maximum atomic E-state index is 5.62. The fraction of sp³-hybridized carbons (Fsp3) is 0.867. The first-order chi connectivity index (χ1) is 8.20. The molecule has 0 aliphatic rings. The topological polar surface area (TPSA) is 9.23 Å². The minimum atomic E-state index is -2.06. The van der Waals surface area contributed by atoms with Gasteiger partial charge in [0.05, 0.1) is 0 Å². The first-order valence-electron chi connectivity index (χ1n) is 7.51. The Balaban J connectivity index is 5.03. The molecule has 0 heterocycles. The second-order valence-electron chi connectivity index (χ2n) is 4.98. The third-order valence-electron chi connectivity index (χ3n) is 3.64. The molecule has 0 spiro atoms. The Morgan fingerprint density at radius 3 is 1.65 bits per heavy atom. The van der Waals surface area contributed by atoms with Crippen molar-refractivity contribution in [2.45, 2.75) is 73.6 Å². The Bertz CT molecular complexity index is 194. The molecule has 17 heavy (non-hydrogen) atoms. The summed E-state index contributed by atoms with van der Waals surface area (Å²) in [6, 6.07) is 0. The van der Waals surface area contributed by atoms with Gasteiger partial charge in [-0.3, -0.25) is 0 Å². The molecule has 0 rings (SSSR count). The molecule has 0 saturated carbocycles. The average molecular weight is 347 g/mol. The fourth-order valence-electron chi connectivity index (χ4n) is 3.06. The molecule has 102 valence electrons. The Hall–Kier alpha value is 0.339. The summed E-state index contributed by atoms with van der Waals surface area (Å²) < 4.78 is 11.9. The van der Waals surface area contributed by atoms with E-state index in [1.54, 1.807) is 3.59 Å². The monoisotopic (exact) mass is 348 g/mol. The van der Waals surface area contributed by atoms with E-state index in [2.05, 4.69) is 40.9 Å². The van der Waals surface area contributed by atoms with Crippen molar-refractivity contribution < 1.29 is 4.74 Å². The van der Waals surface area contributed by atoms with Crippen LogP contribution < -0.4 is 0 Å². The van der Waals surface area contributed by atoms with Crippen LogP contribution in [0.3, 0.4) is 0 Å². The number of allylic oxidation sites excluding steroid dienone is 1. The van der Waals surface area contributed by atoms with Gasteiger partial charge >= 0.3 is 113 Å². The molecule has 0 aliphatic carbocycles. The summed E-state index contributed by atoms with van der Waals surface area (Å²) >= 11 is -2.06. The van der Waals surface area contributed by atoms with Crippen molar-refractivity contribution in [3.63, 3.8) is 0 Å². The van der Waals surface area contributed by atoms with Gasteiger partial charge in [0, 0.05) is 0 Å². The fourth-order valence-corrected chi connectivity index (χ4v) is 19.2. The van der Waals surface area contributed by atoms with Crippen molar-refractivity contribution in [2.75, 3.05) is 6.61 Å². The second kappa shape index (κ2) is 10.3. The quantitative estimate of drug-likeness (QED) is 0.373. The molecule has 2 heteroatoms. The molecule has 0 radical (unpaired) electrons. The number of rotatable bonds is 10. The predicted octanol–water partition coefficient (Wildman–Crippen LogP) is 5.53. The molecule has 1 nitrogen and oxygen atoms in total. The van der Waals surface area contributed by atoms with Crippen molar-refractivity contribution in [1.29, 1.82) is 0 Å². The molecule has 0 unspecified atom stereocenters.